The van der Waals surface area contributed by atoms with Crippen molar-refractivity contribution in [2.75, 3.05) is 14.2 Å². The summed E-state index contributed by atoms with van der Waals surface area (Å²) in [5, 5.41) is 4.42. The summed E-state index contributed by atoms with van der Waals surface area (Å²) in [6, 6.07) is 15.4. The molecular weight excluding hydrogens is 316 g/mol. The molecule has 2 aromatic carbocycles. The van der Waals surface area contributed by atoms with E-state index in [1.165, 1.54) is 0 Å². The fraction of sp³-hybridized carbons (Fsp3) is 0.105. The Balaban J connectivity index is 1.70. The normalized spacial score (nSPS) is 10.8. The third kappa shape index (κ3) is 2.89. The zero-order valence-electron chi connectivity index (χ0n) is 13.9. The Bertz CT molecular complexity index is 962. The molecule has 0 aliphatic carbocycles. The van der Waals surface area contributed by atoms with E-state index in [4.69, 9.17) is 9.47 Å². The summed E-state index contributed by atoms with van der Waals surface area (Å²) < 4.78 is 12.0. The molecule has 4 aromatic rings. The van der Waals surface area contributed by atoms with Crippen LogP contribution in [0.4, 0.5) is 0 Å². The van der Waals surface area contributed by atoms with Crippen molar-refractivity contribution in [3.05, 3.63) is 60.9 Å². The number of imidazole rings is 1. The lowest BCUT2D eigenvalue weighted by Crippen LogP contribution is -1.95. The van der Waals surface area contributed by atoms with Gasteiger partial charge in [0.25, 0.3) is 5.78 Å². The lowest BCUT2D eigenvalue weighted by Gasteiger charge is -2.02. The van der Waals surface area contributed by atoms with Gasteiger partial charge >= 0.3 is 0 Å². The highest BCUT2D eigenvalue weighted by molar-refractivity contribution is 5.64. The average Bonchev–Trinajstić information content (AvgIpc) is 3.11. The Hall–Kier alpha value is -3.41. The highest BCUT2D eigenvalue weighted by Gasteiger charge is 2.09. The van der Waals surface area contributed by atoms with Crippen molar-refractivity contribution in [3.8, 4) is 34.0 Å². The van der Waals surface area contributed by atoms with Crippen LogP contribution in [-0.4, -0.2) is 33.8 Å². The molecule has 0 unspecified atom stereocenters. The summed E-state index contributed by atoms with van der Waals surface area (Å²) in [5.74, 6) is 2.17. The molecule has 6 nitrogen and oxygen atoms in total. The molecule has 2 heterocycles. The fourth-order valence-electron chi connectivity index (χ4n) is 2.58. The minimum absolute atomic E-state index is 0.555. The zero-order chi connectivity index (χ0) is 17.2. The highest BCUT2D eigenvalue weighted by Crippen LogP contribution is 2.23. The molecule has 124 valence electrons. The molecule has 0 radical (unpaired) electrons. The molecule has 0 spiro atoms. The summed E-state index contributed by atoms with van der Waals surface area (Å²) in [6.07, 6.45) is 3.59. The van der Waals surface area contributed by atoms with E-state index >= 15 is 0 Å². The van der Waals surface area contributed by atoms with Gasteiger partial charge in [0.2, 0.25) is 0 Å². The third-order valence-corrected chi connectivity index (χ3v) is 3.97. The maximum absolute atomic E-state index is 5.19. The molecule has 0 bridgehead atoms. The molecule has 0 aliphatic rings. The largest absolute Gasteiger partial charge is 0.497 e. The topological polar surface area (TPSA) is 61.5 Å². The zero-order valence-corrected chi connectivity index (χ0v) is 13.9. The first kappa shape index (κ1) is 15.1. The maximum Gasteiger partial charge on any atom is 0.251 e. The Kier molecular flexibility index (Phi) is 3.78. The molecule has 6 heteroatoms. The van der Waals surface area contributed by atoms with Crippen molar-refractivity contribution < 1.29 is 9.47 Å². The second-order valence-corrected chi connectivity index (χ2v) is 5.47. The van der Waals surface area contributed by atoms with Crippen molar-refractivity contribution in [1.82, 2.24) is 19.6 Å². The van der Waals surface area contributed by atoms with Gasteiger partial charge in [0.1, 0.15) is 11.5 Å². The number of nitrogens with zero attached hydrogens (tertiary/aromatic N) is 4. The van der Waals surface area contributed by atoms with Gasteiger partial charge in [0, 0.05) is 11.1 Å². The summed E-state index contributed by atoms with van der Waals surface area (Å²) in [5.41, 5.74) is 3.53. The van der Waals surface area contributed by atoms with Crippen LogP contribution in [0.3, 0.4) is 0 Å². The van der Waals surface area contributed by atoms with Crippen LogP contribution in [0.25, 0.3) is 28.3 Å². The standard InChI is InChI=1S/C19H16N4O2/c1-24-15-7-3-13(4-8-15)17-11-20-23-12-18(22-19(23)21-17)14-5-9-16(25-2)10-6-14/h3-12H,1-2H3. The van der Waals surface area contributed by atoms with Crippen molar-refractivity contribution in [1.29, 1.82) is 0 Å². The molecule has 0 saturated carbocycles. The quantitative estimate of drug-likeness (QED) is 0.572. The highest BCUT2D eigenvalue weighted by atomic mass is 16.5. The number of aromatic nitrogens is 4. The second kappa shape index (κ2) is 6.24. The molecule has 25 heavy (non-hydrogen) atoms. The number of hydrogen-bond donors (Lipinski definition) is 0. The van der Waals surface area contributed by atoms with Crippen molar-refractivity contribution in [3.63, 3.8) is 0 Å². The second-order valence-electron chi connectivity index (χ2n) is 5.47. The van der Waals surface area contributed by atoms with Crippen LogP contribution in [-0.2, 0) is 0 Å². The summed E-state index contributed by atoms with van der Waals surface area (Å²) in [7, 11) is 3.29. The predicted molar refractivity (Wildman–Crippen MR) is 94.8 cm³/mol. The third-order valence-electron chi connectivity index (χ3n) is 3.97. The average molecular weight is 332 g/mol. The van der Waals surface area contributed by atoms with Gasteiger partial charge in [-0.2, -0.15) is 5.10 Å². The maximum atomic E-state index is 5.19. The first-order chi connectivity index (χ1) is 12.3. The number of ether oxygens (including phenoxy) is 2. The Labute approximate surface area is 144 Å². The summed E-state index contributed by atoms with van der Waals surface area (Å²) in [6.45, 7) is 0. The minimum atomic E-state index is 0.555. The van der Waals surface area contributed by atoms with Gasteiger partial charge in [0.15, 0.2) is 0 Å². The van der Waals surface area contributed by atoms with E-state index in [1.807, 2.05) is 54.7 Å². The number of hydrogen-bond acceptors (Lipinski definition) is 5. The van der Waals surface area contributed by atoms with Crippen LogP contribution < -0.4 is 9.47 Å². The van der Waals surface area contributed by atoms with E-state index in [1.54, 1.807) is 24.9 Å². The van der Waals surface area contributed by atoms with Gasteiger partial charge in [-0.15, -0.1) is 0 Å². The van der Waals surface area contributed by atoms with Crippen LogP contribution in [0.2, 0.25) is 0 Å². The monoisotopic (exact) mass is 332 g/mol. The van der Waals surface area contributed by atoms with Crippen LogP contribution in [0.5, 0.6) is 11.5 Å². The van der Waals surface area contributed by atoms with Crippen molar-refractivity contribution >= 4 is 5.78 Å². The Morgan fingerprint density at radius 2 is 1.24 bits per heavy atom. The van der Waals surface area contributed by atoms with Gasteiger partial charge in [-0.25, -0.2) is 14.5 Å². The molecule has 0 amide bonds. The Morgan fingerprint density at radius 3 is 1.80 bits per heavy atom. The van der Waals surface area contributed by atoms with E-state index in [2.05, 4.69) is 15.1 Å². The number of fused-ring (bicyclic) bond motifs is 1. The van der Waals surface area contributed by atoms with Crippen molar-refractivity contribution in [2.24, 2.45) is 0 Å². The predicted octanol–water partition coefficient (Wildman–Crippen LogP) is 3.48. The fourth-order valence-corrected chi connectivity index (χ4v) is 2.58. The van der Waals surface area contributed by atoms with Crippen LogP contribution in [0.1, 0.15) is 0 Å². The van der Waals surface area contributed by atoms with Gasteiger partial charge in [-0.05, 0) is 48.5 Å². The smallest absolute Gasteiger partial charge is 0.251 e. The van der Waals surface area contributed by atoms with E-state index in [0.29, 0.717) is 5.78 Å². The van der Waals surface area contributed by atoms with Crippen LogP contribution in [0.15, 0.2) is 60.9 Å². The van der Waals surface area contributed by atoms with E-state index in [9.17, 15) is 0 Å². The van der Waals surface area contributed by atoms with Gasteiger partial charge in [-0.3, -0.25) is 0 Å². The van der Waals surface area contributed by atoms with E-state index in [0.717, 1.165) is 34.0 Å². The first-order valence-electron chi connectivity index (χ1n) is 7.78. The molecule has 0 aliphatic heterocycles. The van der Waals surface area contributed by atoms with E-state index < -0.39 is 0 Å². The van der Waals surface area contributed by atoms with Crippen LogP contribution >= 0.6 is 0 Å². The molecule has 0 atom stereocenters. The van der Waals surface area contributed by atoms with Gasteiger partial charge in [0.05, 0.1) is 38.0 Å². The molecule has 0 N–H and O–H groups in total. The van der Waals surface area contributed by atoms with Gasteiger partial charge < -0.3 is 9.47 Å². The Morgan fingerprint density at radius 1 is 0.720 bits per heavy atom. The molecule has 2 aromatic heterocycles. The lowest BCUT2D eigenvalue weighted by atomic mass is 10.1. The number of benzene rings is 2. The first-order valence-corrected chi connectivity index (χ1v) is 7.78. The van der Waals surface area contributed by atoms with Gasteiger partial charge in [-0.1, -0.05) is 0 Å². The number of rotatable bonds is 4. The lowest BCUT2D eigenvalue weighted by molar-refractivity contribution is 0.415. The molecule has 0 fully saturated rings. The number of methoxy groups -OCH3 is 2. The molecule has 4 rings (SSSR count). The summed E-state index contributed by atoms with van der Waals surface area (Å²) in [4.78, 5) is 9.19. The van der Waals surface area contributed by atoms with Crippen LogP contribution in [0, 0.1) is 0 Å². The summed E-state index contributed by atoms with van der Waals surface area (Å²) >= 11 is 0. The van der Waals surface area contributed by atoms with Crippen molar-refractivity contribution in [2.45, 2.75) is 0 Å². The molecule has 0 saturated heterocycles. The minimum Gasteiger partial charge on any atom is -0.497 e. The van der Waals surface area contributed by atoms with E-state index in [-0.39, 0.29) is 0 Å². The SMILES string of the molecule is COc1ccc(-c2cnn3cc(-c4ccc(OC)cc4)nc3n2)cc1. The molecular formula is C19H16N4O2.